The predicted molar refractivity (Wildman–Crippen MR) is 86.7 cm³/mol. The number of hydrogen-bond donors (Lipinski definition) is 2. The first kappa shape index (κ1) is 18.1. The van der Waals surface area contributed by atoms with Crippen molar-refractivity contribution in [3.05, 3.63) is 27.7 Å². The Kier molecular flexibility index (Phi) is 5.57. The average molecular weight is 377 g/mol. The van der Waals surface area contributed by atoms with Crippen LogP contribution in [0.2, 0.25) is 0 Å². The van der Waals surface area contributed by atoms with Crippen molar-refractivity contribution in [3.8, 4) is 0 Å². The standard InChI is InChI=1S/C14H21BrN2O3S/c1-5-6-14(3,4)17-13(18)11-7-10(21(16,19)20)8-12(15)9(11)2/h7-8H,5-6H2,1-4H3,(H,17,18)(H2,16,19,20). The highest BCUT2D eigenvalue weighted by Crippen LogP contribution is 2.25. The number of carbonyl (C=O) groups is 1. The largest absolute Gasteiger partial charge is 0.347 e. The molecule has 5 nitrogen and oxygen atoms in total. The second-order valence-corrected chi connectivity index (χ2v) is 8.13. The van der Waals surface area contributed by atoms with E-state index in [1.54, 1.807) is 6.92 Å². The number of sulfonamides is 1. The minimum atomic E-state index is -3.86. The van der Waals surface area contributed by atoms with E-state index in [-0.39, 0.29) is 16.3 Å². The molecule has 0 aliphatic carbocycles. The first-order valence-electron chi connectivity index (χ1n) is 6.63. The molecule has 21 heavy (non-hydrogen) atoms. The van der Waals surface area contributed by atoms with Gasteiger partial charge in [-0.05, 0) is 44.9 Å². The zero-order chi connectivity index (χ0) is 16.4. The van der Waals surface area contributed by atoms with Gasteiger partial charge in [-0.3, -0.25) is 4.79 Å². The molecule has 0 saturated heterocycles. The molecule has 1 aromatic carbocycles. The highest BCUT2D eigenvalue weighted by atomic mass is 79.9. The third-order valence-electron chi connectivity index (χ3n) is 3.22. The lowest BCUT2D eigenvalue weighted by atomic mass is 9.97. The van der Waals surface area contributed by atoms with Crippen molar-refractivity contribution < 1.29 is 13.2 Å². The monoisotopic (exact) mass is 376 g/mol. The minimum Gasteiger partial charge on any atom is -0.347 e. The van der Waals surface area contributed by atoms with E-state index in [0.29, 0.717) is 15.6 Å². The number of rotatable bonds is 5. The zero-order valence-corrected chi connectivity index (χ0v) is 15.1. The predicted octanol–water partition coefficient (Wildman–Crippen LogP) is 2.71. The Labute approximate surface area is 134 Å². The molecule has 0 aliphatic rings. The Balaban J connectivity index is 3.24. The maximum atomic E-state index is 12.4. The van der Waals surface area contributed by atoms with E-state index in [1.807, 2.05) is 20.8 Å². The number of carbonyl (C=O) groups excluding carboxylic acids is 1. The molecule has 0 aromatic heterocycles. The average Bonchev–Trinajstić information content (AvgIpc) is 2.29. The van der Waals surface area contributed by atoms with Crippen LogP contribution in [0.1, 0.15) is 49.5 Å². The molecule has 1 rings (SSSR count). The van der Waals surface area contributed by atoms with Gasteiger partial charge >= 0.3 is 0 Å². The fourth-order valence-corrected chi connectivity index (χ4v) is 3.29. The Morgan fingerprint density at radius 2 is 1.95 bits per heavy atom. The summed E-state index contributed by atoms with van der Waals surface area (Å²) in [6.07, 6.45) is 1.76. The molecule has 3 N–H and O–H groups in total. The summed E-state index contributed by atoms with van der Waals surface area (Å²) < 4.78 is 23.5. The van der Waals surface area contributed by atoms with Crippen LogP contribution in [0.4, 0.5) is 0 Å². The van der Waals surface area contributed by atoms with E-state index in [1.165, 1.54) is 12.1 Å². The summed E-state index contributed by atoms with van der Waals surface area (Å²) in [6, 6.07) is 2.71. The molecular formula is C14H21BrN2O3S. The lowest BCUT2D eigenvalue weighted by Gasteiger charge is -2.26. The maximum absolute atomic E-state index is 12.4. The Morgan fingerprint density at radius 3 is 2.43 bits per heavy atom. The number of nitrogens with one attached hydrogen (secondary N) is 1. The molecule has 118 valence electrons. The van der Waals surface area contributed by atoms with Crippen LogP contribution in [0.25, 0.3) is 0 Å². The van der Waals surface area contributed by atoms with Gasteiger partial charge in [0.05, 0.1) is 4.90 Å². The van der Waals surface area contributed by atoms with E-state index >= 15 is 0 Å². The van der Waals surface area contributed by atoms with Crippen LogP contribution in [0.5, 0.6) is 0 Å². The van der Waals surface area contributed by atoms with Gasteiger partial charge in [0, 0.05) is 15.6 Å². The first-order chi connectivity index (χ1) is 9.48. The van der Waals surface area contributed by atoms with Crippen LogP contribution in [-0.4, -0.2) is 19.9 Å². The smallest absolute Gasteiger partial charge is 0.252 e. The van der Waals surface area contributed by atoms with Crippen molar-refractivity contribution in [2.24, 2.45) is 5.14 Å². The molecule has 1 aromatic rings. The normalized spacial score (nSPS) is 12.3. The van der Waals surface area contributed by atoms with Gasteiger partial charge in [0.2, 0.25) is 10.0 Å². The van der Waals surface area contributed by atoms with E-state index < -0.39 is 10.0 Å². The molecule has 0 spiro atoms. The Bertz CT molecular complexity index is 654. The third-order valence-corrected chi connectivity index (χ3v) is 4.93. The lowest BCUT2D eigenvalue weighted by Crippen LogP contribution is -2.43. The number of primary sulfonamides is 1. The fraction of sp³-hybridized carbons (Fsp3) is 0.500. The molecule has 0 saturated carbocycles. The first-order valence-corrected chi connectivity index (χ1v) is 8.97. The second-order valence-electron chi connectivity index (χ2n) is 5.71. The Morgan fingerprint density at radius 1 is 1.38 bits per heavy atom. The molecule has 7 heteroatoms. The third kappa shape index (κ3) is 4.79. The quantitative estimate of drug-likeness (QED) is 0.827. The summed E-state index contributed by atoms with van der Waals surface area (Å²) in [6.45, 7) is 7.65. The molecule has 0 bridgehead atoms. The number of nitrogens with two attached hydrogens (primary N) is 1. The summed E-state index contributed by atoms with van der Waals surface area (Å²) in [7, 11) is -3.86. The number of hydrogen-bond acceptors (Lipinski definition) is 3. The second kappa shape index (κ2) is 6.46. The van der Waals surface area contributed by atoms with Crippen molar-refractivity contribution in [3.63, 3.8) is 0 Å². The van der Waals surface area contributed by atoms with Gasteiger partial charge in [-0.2, -0.15) is 0 Å². The molecule has 0 atom stereocenters. The molecule has 1 amide bonds. The van der Waals surface area contributed by atoms with Crippen molar-refractivity contribution >= 4 is 31.9 Å². The van der Waals surface area contributed by atoms with E-state index in [0.717, 1.165) is 12.8 Å². The number of benzene rings is 1. The van der Waals surface area contributed by atoms with Crippen molar-refractivity contribution in [2.45, 2.75) is 51.0 Å². The zero-order valence-electron chi connectivity index (χ0n) is 12.7. The fourth-order valence-electron chi connectivity index (χ4n) is 2.12. The van der Waals surface area contributed by atoms with Crippen LogP contribution >= 0.6 is 15.9 Å². The molecule has 0 radical (unpaired) electrons. The topological polar surface area (TPSA) is 89.3 Å². The van der Waals surface area contributed by atoms with Gasteiger partial charge in [0.25, 0.3) is 5.91 Å². The number of amides is 1. The van der Waals surface area contributed by atoms with Crippen LogP contribution in [0, 0.1) is 6.92 Å². The van der Waals surface area contributed by atoms with Gasteiger partial charge in [0.1, 0.15) is 0 Å². The minimum absolute atomic E-state index is 0.0848. The summed E-state index contributed by atoms with van der Waals surface area (Å²) in [5.41, 5.74) is 0.618. The number of halogens is 1. The van der Waals surface area contributed by atoms with Crippen LogP contribution in [0.3, 0.4) is 0 Å². The van der Waals surface area contributed by atoms with Crippen molar-refractivity contribution in [1.82, 2.24) is 5.32 Å². The molecule has 0 heterocycles. The highest BCUT2D eigenvalue weighted by molar-refractivity contribution is 9.10. The van der Waals surface area contributed by atoms with E-state index in [9.17, 15) is 13.2 Å². The van der Waals surface area contributed by atoms with E-state index in [4.69, 9.17) is 5.14 Å². The van der Waals surface area contributed by atoms with Crippen LogP contribution < -0.4 is 10.5 Å². The van der Waals surface area contributed by atoms with Gasteiger partial charge < -0.3 is 5.32 Å². The van der Waals surface area contributed by atoms with E-state index in [2.05, 4.69) is 21.2 Å². The molecule has 0 aliphatic heterocycles. The SMILES string of the molecule is CCCC(C)(C)NC(=O)c1cc(S(N)(=O)=O)cc(Br)c1C. The van der Waals surface area contributed by atoms with Crippen LogP contribution in [0.15, 0.2) is 21.5 Å². The van der Waals surface area contributed by atoms with Crippen molar-refractivity contribution in [1.29, 1.82) is 0 Å². The van der Waals surface area contributed by atoms with Gasteiger partial charge in [0.15, 0.2) is 0 Å². The van der Waals surface area contributed by atoms with Gasteiger partial charge in [-0.1, -0.05) is 29.3 Å². The summed E-state index contributed by atoms with van der Waals surface area (Å²) >= 11 is 3.27. The summed E-state index contributed by atoms with van der Waals surface area (Å²) in [5.74, 6) is -0.308. The van der Waals surface area contributed by atoms with Gasteiger partial charge in [-0.25, -0.2) is 13.6 Å². The summed E-state index contributed by atoms with van der Waals surface area (Å²) in [4.78, 5) is 12.3. The maximum Gasteiger partial charge on any atom is 0.252 e. The lowest BCUT2D eigenvalue weighted by molar-refractivity contribution is 0.0908. The van der Waals surface area contributed by atoms with Crippen molar-refractivity contribution in [2.75, 3.05) is 0 Å². The molecule has 0 fully saturated rings. The van der Waals surface area contributed by atoms with Gasteiger partial charge in [-0.15, -0.1) is 0 Å². The summed E-state index contributed by atoms with van der Waals surface area (Å²) in [5, 5.41) is 8.06. The highest BCUT2D eigenvalue weighted by Gasteiger charge is 2.23. The van der Waals surface area contributed by atoms with Crippen LogP contribution in [-0.2, 0) is 10.0 Å². The molecule has 0 unspecified atom stereocenters. The Hall–Kier alpha value is -0.920. The molecular weight excluding hydrogens is 356 g/mol.